The van der Waals surface area contributed by atoms with Crippen LogP contribution in [0.25, 0.3) is 0 Å². The minimum atomic E-state index is -0.650. The van der Waals surface area contributed by atoms with E-state index in [1.165, 1.54) is 0 Å². The van der Waals surface area contributed by atoms with Crippen molar-refractivity contribution in [3.63, 3.8) is 0 Å². The lowest BCUT2D eigenvalue weighted by Gasteiger charge is -2.25. The number of hydrazine groups is 1. The van der Waals surface area contributed by atoms with Gasteiger partial charge < -0.3 is 4.74 Å². The maximum atomic E-state index is 12.0. The van der Waals surface area contributed by atoms with E-state index in [1.807, 2.05) is 19.1 Å². The largest absolute Gasteiger partial charge is 0.439 e. The molecular formula is C22H27N7O3. The number of pyridine rings is 1. The second kappa shape index (κ2) is 9.90. The molecule has 10 heteroatoms. The fraction of sp³-hybridized carbons (Fsp3) is 0.318. The number of rotatable bonds is 6. The van der Waals surface area contributed by atoms with E-state index in [0.717, 1.165) is 21.9 Å². The Kier molecular flexibility index (Phi) is 7.04. The fourth-order valence-corrected chi connectivity index (χ4v) is 2.95. The van der Waals surface area contributed by atoms with E-state index in [4.69, 9.17) is 4.74 Å². The summed E-state index contributed by atoms with van der Waals surface area (Å²) in [7, 11) is 0. The molecule has 32 heavy (non-hydrogen) atoms. The van der Waals surface area contributed by atoms with Gasteiger partial charge in [-0.3, -0.25) is 0 Å². The molecule has 0 aliphatic carbocycles. The molecule has 3 N–H and O–H groups in total. The summed E-state index contributed by atoms with van der Waals surface area (Å²) in [6.45, 7) is 9.90. The Morgan fingerprint density at radius 1 is 1.25 bits per heavy atom. The van der Waals surface area contributed by atoms with Crippen LogP contribution >= 0.6 is 0 Å². The van der Waals surface area contributed by atoms with Crippen LogP contribution < -0.4 is 21.0 Å². The highest BCUT2D eigenvalue weighted by molar-refractivity contribution is 5.99. The molecule has 10 nitrogen and oxygen atoms in total. The van der Waals surface area contributed by atoms with Crippen molar-refractivity contribution < 1.29 is 14.3 Å². The van der Waals surface area contributed by atoms with E-state index in [-0.39, 0.29) is 6.54 Å². The number of hydrogen-bond acceptors (Lipinski definition) is 6. The van der Waals surface area contributed by atoms with Gasteiger partial charge in [-0.25, -0.2) is 35.9 Å². The van der Waals surface area contributed by atoms with Crippen molar-refractivity contribution in [3.05, 3.63) is 53.2 Å². The Bertz CT molecular complexity index is 1060. The number of carbonyl (C=O) groups is 2. The number of aromatic nitrogens is 1. The number of carbonyl (C=O) groups excluding carboxylic acids is 2. The van der Waals surface area contributed by atoms with Crippen LogP contribution in [0.4, 0.5) is 9.59 Å². The summed E-state index contributed by atoms with van der Waals surface area (Å²) in [6, 6.07) is 8.51. The normalized spacial score (nSPS) is 14.1. The van der Waals surface area contributed by atoms with E-state index in [0.29, 0.717) is 28.8 Å². The maximum Gasteiger partial charge on any atom is 0.356 e. The highest BCUT2D eigenvalue weighted by Gasteiger charge is 2.20. The Hall–Kier alpha value is -3.95. The lowest BCUT2D eigenvalue weighted by atomic mass is 10.0. The Morgan fingerprint density at radius 3 is 2.72 bits per heavy atom. The molecule has 0 bridgehead atoms. The summed E-state index contributed by atoms with van der Waals surface area (Å²) in [4.78, 5) is 28.1. The van der Waals surface area contributed by atoms with Crippen molar-refractivity contribution in [2.24, 2.45) is 10.2 Å². The molecule has 1 aliphatic rings. The first-order valence-electron chi connectivity index (χ1n) is 10.2. The summed E-state index contributed by atoms with van der Waals surface area (Å²) in [5, 5.41) is 8.95. The van der Waals surface area contributed by atoms with Crippen LogP contribution in [-0.2, 0) is 0 Å². The number of urea groups is 2. The fourth-order valence-electron chi connectivity index (χ4n) is 2.95. The van der Waals surface area contributed by atoms with Crippen LogP contribution in [-0.4, -0.2) is 40.0 Å². The Balaban J connectivity index is 1.61. The maximum absolute atomic E-state index is 12.0. The highest BCUT2D eigenvalue weighted by atomic mass is 16.5. The third-order valence-corrected chi connectivity index (χ3v) is 4.70. The minimum Gasteiger partial charge on any atom is -0.439 e. The standard InChI is InChI=1S/C22H27N7O3/c1-13(2)18-8-6-14(3)10-19(18)32-20-9-7-17(11-23-20)16(5)25-26-21(30)28-29-12-15(4)24-27-22(29)31/h6-11,13H,12H2,1-5H3,(H,27,31)(H2,26,28,30)/b25-16+. The molecule has 0 atom stereocenters. The zero-order valence-electron chi connectivity index (χ0n) is 18.8. The van der Waals surface area contributed by atoms with Gasteiger partial charge >= 0.3 is 12.1 Å². The summed E-state index contributed by atoms with van der Waals surface area (Å²) in [5.41, 5.74) is 11.2. The van der Waals surface area contributed by atoms with E-state index in [2.05, 4.69) is 57.4 Å². The Labute approximate surface area is 186 Å². The third-order valence-electron chi connectivity index (χ3n) is 4.70. The van der Waals surface area contributed by atoms with Gasteiger partial charge in [-0.2, -0.15) is 10.2 Å². The predicted molar refractivity (Wildman–Crippen MR) is 122 cm³/mol. The van der Waals surface area contributed by atoms with E-state index in [1.54, 1.807) is 26.1 Å². The third kappa shape index (κ3) is 5.81. The highest BCUT2D eigenvalue weighted by Crippen LogP contribution is 2.30. The molecule has 2 heterocycles. The van der Waals surface area contributed by atoms with Crippen LogP contribution in [0.2, 0.25) is 0 Å². The molecule has 0 spiro atoms. The Morgan fingerprint density at radius 2 is 2.03 bits per heavy atom. The summed E-state index contributed by atoms with van der Waals surface area (Å²) >= 11 is 0. The lowest BCUT2D eigenvalue weighted by molar-refractivity contribution is 0.173. The zero-order chi connectivity index (χ0) is 23.3. The molecule has 0 saturated heterocycles. The molecule has 1 aliphatic heterocycles. The number of aryl methyl sites for hydroxylation is 1. The molecule has 0 fully saturated rings. The summed E-state index contributed by atoms with van der Waals surface area (Å²) in [5.74, 6) is 1.57. The van der Waals surface area contributed by atoms with E-state index >= 15 is 0 Å². The first kappa shape index (κ1) is 22.7. The van der Waals surface area contributed by atoms with Crippen LogP contribution in [0.5, 0.6) is 11.6 Å². The molecule has 2 aromatic rings. The van der Waals surface area contributed by atoms with Crippen molar-refractivity contribution >= 4 is 23.5 Å². The van der Waals surface area contributed by atoms with Gasteiger partial charge in [-0.1, -0.05) is 26.0 Å². The number of hydrazone groups is 2. The molecule has 3 rings (SSSR count). The molecule has 0 saturated carbocycles. The van der Waals surface area contributed by atoms with Crippen molar-refractivity contribution in [2.45, 2.75) is 40.5 Å². The van der Waals surface area contributed by atoms with Gasteiger partial charge in [0.2, 0.25) is 5.88 Å². The predicted octanol–water partition coefficient (Wildman–Crippen LogP) is 3.65. The van der Waals surface area contributed by atoms with Gasteiger partial charge in [0.15, 0.2) is 0 Å². The smallest absolute Gasteiger partial charge is 0.356 e. The minimum absolute atomic E-state index is 0.187. The number of benzene rings is 1. The van der Waals surface area contributed by atoms with E-state index < -0.39 is 12.1 Å². The first-order valence-corrected chi connectivity index (χ1v) is 10.2. The van der Waals surface area contributed by atoms with Gasteiger partial charge in [0, 0.05) is 17.8 Å². The second-order valence-corrected chi connectivity index (χ2v) is 7.78. The average Bonchev–Trinajstić information content (AvgIpc) is 2.75. The van der Waals surface area contributed by atoms with Crippen LogP contribution in [0, 0.1) is 6.92 Å². The van der Waals surface area contributed by atoms with Crippen molar-refractivity contribution in [1.29, 1.82) is 0 Å². The van der Waals surface area contributed by atoms with Crippen molar-refractivity contribution in [3.8, 4) is 11.6 Å². The number of nitrogens with one attached hydrogen (secondary N) is 3. The molecule has 0 unspecified atom stereocenters. The van der Waals surface area contributed by atoms with Crippen molar-refractivity contribution in [1.82, 2.24) is 26.3 Å². The lowest BCUT2D eigenvalue weighted by Crippen LogP contribution is -2.56. The van der Waals surface area contributed by atoms with Crippen molar-refractivity contribution in [2.75, 3.05) is 6.54 Å². The van der Waals surface area contributed by atoms with Gasteiger partial charge in [-0.15, -0.1) is 0 Å². The number of nitrogens with zero attached hydrogens (tertiary/aromatic N) is 4. The monoisotopic (exact) mass is 437 g/mol. The van der Waals surface area contributed by atoms with Gasteiger partial charge in [0.25, 0.3) is 0 Å². The van der Waals surface area contributed by atoms with Gasteiger partial charge in [0.05, 0.1) is 18.0 Å². The quantitative estimate of drug-likeness (QED) is 0.472. The topological polar surface area (TPSA) is 120 Å². The molecule has 4 amide bonds. The van der Waals surface area contributed by atoms with Gasteiger partial charge in [-0.05, 0) is 49.9 Å². The van der Waals surface area contributed by atoms with Crippen LogP contribution in [0.1, 0.15) is 50.3 Å². The molecule has 1 aromatic heterocycles. The number of amides is 4. The first-order chi connectivity index (χ1) is 15.2. The van der Waals surface area contributed by atoms with Gasteiger partial charge in [0.1, 0.15) is 5.75 Å². The number of ether oxygens (including phenoxy) is 1. The summed E-state index contributed by atoms with van der Waals surface area (Å²) < 4.78 is 6.00. The number of hydrogen-bond donors (Lipinski definition) is 3. The second-order valence-electron chi connectivity index (χ2n) is 7.78. The molecular weight excluding hydrogens is 410 g/mol. The van der Waals surface area contributed by atoms with E-state index in [9.17, 15) is 9.59 Å². The average molecular weight is 438 g/mol. The van der Waals surface area contributed by atoms with Crippen LogP contribution in [0.3, 0.4) is 0 Å². The molecule has 0 radical (unpaired) electrons. The SMILES string of the molecule is CC1=NNC(=O)N(NC(=O)N/N=C(\C)c2ccc(Oc3cc(C)ccc3C(C)C)nc2)C1. The summed E-state index contributed by atoms with van der Waals surface area (Å²) in [6.07, 6.45) is 1.62. The zero-order valence-corrected chi connectivity index (χ0v) is 18.8. The molecule has 1 aromatic carbocycles. The van der Waals surface area contributed by atoms with Crippen LogP contribution in [0.15, 0.2) is 46.7 Å². The molecule has 168 valence electrons.